The van der Waals surface area contributed by atoms with Gasteiger partial charge in [0.25, 0.3) is 0 Å². The third-order valence-corrected chi connectivity index (χ3v) is 4.30. The molecule has 0 saturated heterocycles. The molecule has 0 bridgehead atoms. The van der Waals surface area contributed by atoms with Crippen LogP contribution in [0.2, 0.25) is 0 Å². The van der Waals surface area contributed by atoms with Gasteiger partial charge in [-0.3, -0.25) is 4.79 Å². The number of aryl methyl sites for hydroxylation is 1. The molecule has 1 amide bonds. The molecule has 0 saturated carbocycles. The van der Waals surface area contributed by atoms with Crippen LogP contribution in [-0.4, -0.2) is 20.1 Å². The van der Waals surface area contributed by atoms with Crippen LogP contribution in [-0.2, 0) is 11.2 Å². The highest BCUT2D eigenvalue weighted by molar-refractivity contribution is 7.07. The Morgan fingerprint density at radius 1 is 1.30 bits per heavy atom. The standard InChI is InChI=1S/C17H20FNO3S/c1-11(19-17(20)5-4-12-6-7-23-10-12)13-8-15(21-2)16(22-3)9-14(13)18/h6-11H,4-5H2,1-3H3,(H,19,20)/t11-/m0/s1. The maximum Gasteiger partial charge on any atom is 0.220 e. The zero-order valence-electron chi connectivity index (χ0n) is 13.4. The predicted octanol–water partition coefficient (Wildman–Crippen LogP) is 3.71. The molecule has 1 heterocycles. The van der Waals surface area contributed by atoms with Crippen LogP contribution in [0, 0.1) is 5.82 Å². The lowest BCUT2D eigenvalue weighted by atomic mass is 10.1. The lowest BCUT2D eigenvalue weighted by molar-refractivity contribution is -0.121. The molecule has 0 radical (unpaired) electrons. The summed E-state index contributed by atoms with van der Waals surface area (Å²) in [4.78, 5) is 12.0. The van der Waals surface area contributed by atoms with Gasteiger partial charge in [0.05, 0.1) is 20.3 Å². The minimum Gasteiger partial charge on any atom is -0.493 e. The third kappa shape index (κ3) is 4.45. The Morgan fingerprint density at radius 2 is 2.00 bits per heavy atom. The zero-order chi connectivity index (χ0) is 16.8. The molecular formula is C17H20FNO3S. The largest absolute Gasteiger partial charge is 0.493 e. The fourth-order valence-electron chi connectivity index (χ4n) is 2.29. The van der Waals surface area contributed by atoms with Gasteiger partial charge >= 0.3 is 0 Å². The number of thiophene rings is 1. The van der Waals surface area contributed by atoms with Crippen LogP contribution in [0.4, 0.5) is 4.39 Å². The number of carbonyl (C=O) groups excluding carboxylic acids is 1. The lowest BCUT2D eigenvalue weighted by Crippen LogP contribution is -2.27. The molecule has 4 nitrogen and oxygen atoms in total. The number of amides is 1. The van der Waals surface area contributed by atoms with Crippen molar-refractivity contribution in [2.75, 3.05) is 14.2 Å². The van der Waals surface area contributed by atoms with Gasteiger partial charge < -0.3 is 14.8 Å². The van der Waals surface area contributed by atoms with Crippen molar-refractivity contribution in [1.82, 2.24) is 5.32 Å². The number of hydrogen-bond acceptors (Lipinski definition) is 4. The molecule has 23 heavy (non-hydrogen) atoms. The first-order chi connectivity index (χ1) is 11.0. The van der Waals surface area contributed by atoms with E-state index < -0.39 is 11.9 Å². The van der Waals surface area contributed by atoms with E-state index in [4.69, 9.17) is 9.47 Å². The second kappa shape index (κ2) is 7.97. The highest BCUT2D eigenvalue weighted by Gasteiger charge is 2.17. The first-order valence-corrected chi connectivity index (χ1v) is 8.21. The number of carbonyl (C=O) groups is 1. The van der Waals surface area contributed by atoms with E-state index >= 15 is 0 Å². The number of hydrogen-bond donors (Lipinski definition) is 1. The van der Waals surface area contributed by atoms with Crippen LogP contribution in [0.25, 0.3) is 0 Å². The van der Waals surface area contributed by atoms with E-state index in [1.807, 2.05) is 16.8 Å². The van der Waals surface area contributed by atoms with E-state index in [0.29, 0.717) is 29.9 Å². The molecule has 0 fully saturated rings. The highest BCUT2D eigenvalue weighted by Crippen LogP contribution is 2.32. The van der Waals surface area contributed by atoms with Gasteiger partial charge in [0.2, 0.25) is 5.91 Å². The molecule has 0 aliphatic heterocycles. The average molecular weight is 337 g/mol. The molecule has 6 heteroatoms. The molecule has 0 unspecified atom stereocenters. The molecule has 124 valence electrons. The minimum atomic E-state index is -0.454. The summed E-state index contributed by atoms with van der Waals surface area (Å²) >= 11 is 1.60. The van der Waals surface area contributed by atoms with Gasteiger partial charge in [-0.05, 0) is 41.8 Å². The van der Waals surface area contributed by atoms with Crippen molar-refractivity contribution in [2.24, 2.45) is 0 Å². The van der Waals surface area contributed by atoms with E-state index in [-0.39, 0.29) is 5.91 Å². The van der Waals surface area contributed by atoms with E-state index in [2.05, 4.69) is 5.32 Å². The summed E-state index contributed by atoms with van der Waals surface area (Å²) in [6, 6.07) is 4.36. The van der Waals surface area contributed by atoms with Crippen molar-refractivity contribution in [3.05, 3.63) is 45.9 Å². The Kier molecular flexibility index (Phi) is 5.98. The van der Waals surface area contributed by atoms with Crippen molar-refractivity contribution < 1.29 is 18.7 Å². The Bertz CT molecular complexity index is 658. The summed E-state index contributed by atoms with van der Waals surface area (Å²) < 4.78 is 24.4. The zero-order valence-corrected chi connectivity index (χ0v) is 14.2. The Labute approximate surface area is 139 Å². The van der Waals surface area contributed by atoms with Crippen molar-refractivity contribution in [3.63, 3.8) is 0 Å². The molecular weight excluding hydrogens is 317 g/mol. The summed E-state index contributed by atoms with van der Waals surface area (Å²) in [5.74, 6) is 0.208. The van der Waals surface area contributed by atoms with E-state index in [0.717, 1.165) is 5.56 Å². The van der Waals surface area contributed by atoms with Crippen LogP contribution in [0.1, 0.15) is 30.5 Å². The SMILES string of the molecule is COc1cc(F)c([C@H](C)NC(=O)CCc2ccsc2)cc1OC. The summed E-state index contributed by atoms with van der Waals surface area (Å²) in [5, 5.41) is 6.82. The monoisotopic (exact) mass is 337 g/mol. The normalized spacial score (nSPS) is 11.8. The van der Waals surface area contributed by atoms with Gasteiger partial charge in [-0.25, -0.2) is 4.39 Å². The fraction of sp³-hybridized carbons (Fsp3) is 0.353. The topological polar surface area (TPSA) is 47.6 Å². The fourth-order valence-corrected chi connectivity index (χ4v) is 2.99. The summed E-state index contributed by atoms with van der Waals surface area (Å²) in [5.41, 5.74) is 1.50. The smallest absolute Gasteiger partial charge is 0.220 e. The number of halogens is 1. The highest BCUT2D eigenvalue weighted by atomic mass is 32.1. The van der Waals surface area contributed by atoms with E-state index in [1.54, 1.807) is 24.3 Å². The Hall–Kier alpha value is -2.08. The molecule has 1 N–H and O–H groups in total. The van der Waals surface area contributed by atoms with Gasteiger partial charge in [-0.2, -0.15) is 11.3 Å². The molecule has 1 aromatic carbocycles. The number of nitrogens with one attached hydrogen (secondary N) is 1. The Morgan fingerprint density at radius 3 is 2.61 bits per heavy atom. The molecule has 2 rings (SSSR count). The quantitative estimate of drug-likeness (QED) is 0.838. The van der Waals surface area contributed by atoms with Crippen molar-refractivity contribution in [1.29, 1.82) is 0 Å². The van der Waals surface area contributed by atoms with Crippen LogP contribution in [0.15, 0.2) is 29.0 Å². The van der Waals surface area contributed by atoms with Crippen molar-refractivity contribution in [2.45, 2.75) is 25.8 Å². The van der Waals surface area contributed by atoms with Gasteiger partial charge in [-0.15, -0.1) is 0 Å². The first kappa shape index (κ1) is 17.3. The third-order valence-electron chi connectivity index (χ3n) is 3.57. The van der Waals surface area contributed by atoms with Crippen molar-refractivity contribution in [3.8, 4) is 11.5 Å². The second-order valence-corrected chi connectivity index (χ2v) is 5.93. The van der Waals surface area contributed by atoms with Gasteiger partial charge in [0, 0.05) is 18.1 Å². The summed E-state index contributed by atoms with van der Waals surface area (Å²) in [6.45, 7) is 1.74. The van der Waals surface area contributed by atoms with E-state index in [9.17, 15) is 9.18 Å². The van der Waals surface area contributed by atoms with Crippen LogP contribution >= 0.6 is 11.3 Å². The predicted molar refractivity (Wildman–Crippen MR) is 88.7 cm³/mol. The molecule has 0 aliphatic carbocycles. The Balaban J connectivity index is 2.02. The van der Waals surface area contributed by atoms with Gasteiger partial charge in [0.15, 0.2) is 11.5 Å². The van der Waals surface area contributed by atoms with Crippen LogP contribution in [0.5, 0.6) is 11.5 Å². The van der Waals surface area contributed by atoms with E-state index in [1.165, 1.54) is 20.3 Å². The second-order valence-electron chi connectivity index (χ2n) is 5.15. The average Bonchev–Trinajstić information content (AvgIpc) is 3.05. The lowest BCUT2D eigenvalue weighted by Gasteiger charge is -2.17. The minimum absolute atomic E-state index is 0.113. The number of benzene rings is 1. The van der Waals surface area contributed by atoms with Gasteiger partial charge in [-0.1, -0.05) is 0 Å². The van der Waals surface area contributed by atoms with Crippen molar-refractivity contribution >= 4 is 17.2 Å². The molecule has 1 atom stereocenters. The number of rotatable bonds is 7. The molecule has 1 aromatic heterocycles. The maximum atomic E-state index is 14.2. The molecule has 2 aromatic rings. The van der Waals surface area contributed by atoms with Crippen LogP contribution in [0.3, 0.4) is 0 Å². The summed E-state index contributed by atoms with van der Waals surface area (Å²) in [7, 11) is 2.94. The number of methoxy groups -OCH3 is 2. The maximum absolute atomic E-state index is 14.2. The summed E-state index contributed by atoms with van der Waals surface area (Å²) in [6.07, 6.45) is 1.05. The number of ether oxygens (including phenoxy) is 2. The molecule has 0 aliphatic rings. The van der Waals surface area contributed by atoms with Crippen LogP contribution < -0.4 is 14.8 Å². The molecule has 0 spiro atoms. The first-order valence-electron chi connectivity index (χ1n) is 7.27. The van der Waals surface area contributed by atoms with Gasteiger partial charge in [0.1, 0.15) is 5.82 Å².